The van der Waals surface area contributed by atoms with Gasteiger partial charge in [-0.25, -0.2) is 0 Å². The van der Waals surface area contributed by atoms with Crippen LogP contribution in [0.2, 0.25) is 10.0 Å². The van der Waals surface area contributed by atoms with Crippen LogP contribution < -0.4 is 10.1 Å². The third-order valence-electron chi connectivity index (χ3n) is 2.80. The van der Waals surface area contributed by atoms with Gasteiger partial charge in [0.05, 0.1) is 17.7 Å². The van der Waals surface area contributed by atoms with Crippen LogP contribution in [0.15, 0.2) is 36.4 Å². The summed E-state index contributed by atoms with van der Waals surface area (Å²) in [6, 6.07) is 9.53. The molecule has 5 nitrogen and oxygen atoms in total. The lowest BCUT2D eigenvalue weighted by atomic mass is 10.2. The molecule has 0 atom stereocenters. The van der Waals surface area contributed by atoms with Gasteiger partial charge in [0, 0.05) is 28.7 Å². The molecular formula is C14H12Cl2N2O3. The molecule has 0 heterocycles. The van der Waals surface area contributed by atoms with Crippen molar-refractivity contribution in [3.63, 3.8) is 0 Å². The predicted octanol–water partition coefficient (Wildman–Crippen LogP) is 4.52. The number of nitro benzene ring substituents is 1. The smallest absolute Gasteiger partial charge is 0.271 e. The Balaban J connectivity index is 2.21. The molecular weight excluding hydrogens is 315 g/mol. The number of anilines is 1. The van der Waals surface area contributed by atoms with Crippen molar-refractivity contribution >= 4 is 34.6 Å². The molecule has 110 valence electrons. The molecule has 2 rings (SSSR count). The number of nitro groups is 1. The van der Waals surface area contributed by atoms with Crippen molar-refractivity contribution in [1.82, 2.24) is 0 Å². The van der Waals surface area contributed by atoms with Crippen LogP contribution in [-0.2, 0) is 6.54 Å². The fourth-order valence-electron chi connectivity index (χ4n) is 1.86. The topological polar surface area (TPSA) is 64.4 Å². The Morgan fingerprint density at radius 2 is 1.86 bits per heavy atom. The first kappa shape index (κ1) is 15.4. The maximum atomic E-state index is 10.8. The Bertz CT molecular complexity index is 657. The van der Waals surface area contributed by atoms with E-state index in [-0.39, 0.29) is 5.69 Å². The van der Waals surface area contributed by atoms with Crippen LogP contribution in [0.3, 0.4) is 0 Å². The van der Waals surface area contributed by atoms with E-state index in [1.165, 1.54) is 19.2 Å². The summed E-state index contributed by atoms with van der Waals surface area (Å²) in [4.78, 5) is 10.4. The standard InChI is InChI=1S/C14H12Cl2N2O3/c1-21-14-3-2-12(18(19)20)7-13(14)17-8-9-4-10(15)6-11(16)5-9/h2-7,17H,8H2,1H3. The summed E-state index contributed by atoms with van der Waals surface area (Å²) in [6.45, 7) is 0.414. The lowest BCUT2D eigenvalue weighted by molar-refractivity contribution is -0.384. The molecule has 0 aliphatic heterocycles. The number of halogens is 2. The molecule has 0 aromatic heterocycles. The van der Waals surface area contributed by atoms with Crippen LogP contribution in [0.1, 0.15) is 5.56 Å². The fourth-order valence-corrected chi connectivity index (χ4v) is 2.43. The van der Waals surface area contributed by atoms with Gasteiger partial charge in [-0.15, -0.1) is 0 Å². The zero-order chi connectivity index (χ0) is 15.4. The van der Waals surface area contributed by atoms with E-state index in [0.717, 1.165) is 5.56 Å². The Kier molecular flexibility index (Phi) is 4.88. The maximum absolute atomic E-state index is 10.8. The third kappa shape index (κ3) is 4.00. The molecule has 21 heavy (non-hydrogen) atoms. The van der Waals surface area contributed by atoms with Gasteiger partial charge in [-0.2, -0.15) is 0 Å². The Hall–Kier alpha value is -1.98. The zero-order valence-electron chi connectivity index (χ0n) is 11.1. The lowest BCUT2D eigenvalue weighted by Gasteiger charge is -2.11. The molecule has 0 saturated heterocycles. The van der Waals surface area contributed by atoms with E-state index < -0.39 is 4.92 Å². The first-order valence-corrected chi connectivity index (χ1v) is 6.76. The van der Waals surface area contributed by atoms with E-state index in [0.29, 0.717) is 28.0 Å². The molecule has 1 N–H and O–H groups in total. The van der Waals surface area contributed by atoms with Gasteiger partial charge in [0.15, 0.2) is 0 Å². The molecule has 0 fully saturated rings. The second-order valence-electron chi connectivity index (χ2n) is 4.27. The molecule has 2 aromatic carbocycles. The van der Waals surface area contributed by atoms with Crippen molar-refractivity contribution < 1.29 is 9.66 Å². The van der Waals surface area contributed by atoms with E-state index >= 15 is 0 Å². The normalized spacial score (nSPS) is 10.2. The fraction of sp³-hybridized carbons (Fsp3) is 0.143. The molecule has 0 aliphatic rings. The first-order chi connectivity index (χ1) is 9.99. The number of ether oxygens (including phenoxy) is 1. The Morgan fingerprint density at radius 3 is 2.43 bits per heavy atom. The molecule has 0 amide bonds. The summed E-state index contributed by atoms with van der Waals surface area (Å²) in [6.07, 6.45) is 0. The highest BCUT2D eigenvalue weighted by molar-refractivity contribution is 6.34. The predicted molar refractivity (Wildman–Crippen MR) is 83.4 cm³/mol. The van der Waals surface area contributed by atoms with E-state index in [1.54, 1.807) is 24.3 Å². The van der Waals surface area contributed by atoms with Crippen molar-refractivity contribution in [1.29, 1.82) is 0 Å². The molecule has 0 unspecified atom stereocenters. The van der Waals surface area contributed by atoms with Crippen LogP contribution >= 0.6 is 23.2 Å². The van der Waals surface area contributed by atoms with Gasteiger partial charge in [-0.1, -0.05) is 23.2 Å². The zero-order valence-corrected chi connectivity index (χ0v) is 12.6. The van der Waals surface area contributed by atoms with E-state index in [4.69, 9.17) is 27.9 Å². The molecule has 7 heteroatoms. The number of nitrogens with one attached hydrogen (secondary N) is 1. The van der Waals surface area contributed by atoms with Crippen molar-refractivity contribution in [3.8, 4) is 5.75 Å². The van der Waals surface area contributed by atoms with Crippen molar-refractivity contribution in [2.75, 3.05) is 12.4 Å². The summed E-state index contributed by atoms with van der Waals surface area (Å²) >= 11 is 11.9. The van der Waals surface area contributed by atoms with Crippen molar-refractivity contribution in [2.24, 2.45) is 0 Å². The van der Waals surface area contributed by atoms with Crippen LogP contribution in [0.4, 0.5) is 11.4 Å². The minimum atomic E-state index is -0.457. The molecule has 0 radical (unpaired) electrons. The van der Waals surface area contributed by atoms with Gasteiger partial charge in [0.2, 0.25) is 0 Å². The highest BCUT2D eigenvalue weighted by atomic mass is 35.5. The van der Waals surface area contributed by atoms with Crippen LogP contribution in [0.25, 0.3) is 0 Å². The Labute approximate surface area is 131 Å². The quantitative estimate of drug-likeness (QED) is 0.648. The summed E-state index contributed by atoms with van der Waals surface area (Å²) < 4.78 is 5.18. The Morgan fingerprint density at radius 1 is 1.19 bits per heavy atom. The van der Waals surface area contributed by atoms with Gasteiger partial charge < -0.3 is 10.1 Å². The van der Waals surface area contributed by atoms with Crippen molar-refractivity contribution in [2.45, 2.75) is 6.54 Å². The number of benzene rings is 2. The van der Waals surface area contributed by atoms with E-state index in [2.05, 4.69) is 5.32 Å². The third-order valence-corrected chi connectivity index (χ3v) is 3.24. The SMILES string of the molecule is COc1ccc([N+](=O)[O-])cc1NCc1cc(Cl)cc(Cl)c1. The molecule has 2 aromatic rings. The molecule has 0 bridgehead atoms. The second kappa shape index (κ2) is 6.65. The molecule has 0 spiro atoms. The number of hydrogen-bond donors (Lipinski definition) is 1. The maximum Gasteiger partial charge on any atom is 0.271 e. The minimum absolute atomic E-state index is 0.0116. The van der Waals surface area contributed by atoms with E-state index in [1.807, 2.05) is 0 Å². The summed E-state index contributed by atoms with van der Waals surface area (Å²) in [5, 5.41) is 15.0. The monoisotopic (exact) mass is 326 g/mol. The van der Waals surface area contributed by atoms with E-state index in [9.17, 15) is 10.1 Å². The van der Waals surface area contributed by atoms with Crippen LogP contribution in [0.5, 0.6) is 5.75 Å². The number of non-ortho nitro benzene ring substituents is 1. The summed E-state index contributed by atoms with van der Waals surface area (Å²) in [5.41, 5.74) is 1.38. The average molecular weight is 327 g/mol. The average Bonchev–Trinajstić information content (AvgIpc) is 2.43. The minimum Gasteiger partial charge on any atom is -0.495 e. The highest BCUT2D eigenvalue weighted by Gasteiger charge is 2.11. The van der Waals surface area contributed by atoms with Gasteiger partial charge in [-0.3, -0.25) is 10.1 Å². The largest absolute Gasteiger partial charge is 0.495 e. The first-order valence-electron chi connectivity index (χ1n) is 6.01. The summed E-state index contributed by atoms with van der Waals surface area (Å²) in [7, 11) is 1.50. The second-order valence-corrected chi connectivity index (χ2v) is 5.15. The van der Waals surface area contributed by atoms with Gasteiger partial charge >= 0.3 is 0 Å². The van der Waals surface area contributed by atoms with Gasteiger partial charge in [0.25, 0.3) is 5.69 Å². The number of methoxy groups -OCH3 is 1. The van der Waals surface area contributed by atoms with Crippen LogP contribution in [-0.4, -0.2) is 12.0 Å². The van der Waals surface area contributed by atoms with Gasteiger partial charge in [0.1, 0.15) is 5.75 Å². The summed E-state index contributed by atoms with van der Waals surface area (Å²) in [5.74, 6) is 0.522. The molecule has 0 aliphatic carbocycles. The van der Waals surface area contributed by atoms with Crippen molar-refractivity contribution in [3.05, 3.63) is 62.1 Å². The number of rotatable bonds is 5. The van der Waals surface area contributed by atoms with Gasteiger partial charge in [-0.05, 0) is 29.8 Å². The number of hydrogen-bond acceptors (Lipinski definition) is 4. The van der Waals surface area contributed by atoms with Crippen LogP contribution in [0, 0.1) is 10.1 Å². The lowest BCUT2D eigenvalue weighted by Crippen LogP contribution is -2.02. The number of nitrogens with zero attached hydrogens (tertiary/aromatic N) is 1. The molecule has 0 saturated carbocycles. The highest BCUT2D eigenvalue weighted by Crippen LogP contribution is 2.29.